The fraction of sp³-hybridized carbons (Fsp3) is 0.517. The standard InChI is InChI=1S/C29H38N2O6/c1-19-6-10-22(11-7-19)31-18-27(32)30(15-14-20-8-12-23(34-2)25(16-20)36-4)28(29(31)33)21-9-13-24(35-3)26(17-21)37-5/h8-9,12-13,16-17,19,22,28H,6-7,10-11,14-15,18H2,1-5H3. The summed E-state index contributed by atoms with van der Waals surface area (Å²) in [7, 11) is 6.35. The summed E-state index contributed by atoms with van der Waals surface area (Å²) in [6.45, 7) is 2.77. The molecule has 0 spiro atoms. The highest BCUT2D eigenvalue weighted by molar-refractivity contribution is 5.96. The number of nitrogens with zero attached hydrogens (tertiary/aromatic N) is 2. The van der Waals surface area contributed by atoms with Crippen LogP contribution in [0.2, 0.25) is 0 Å². The van der Waals surface area contributed by atoms with Crippen LogP contribution in [0.4, 0.5) is 0 Å². The van der Waals surface area contributed by atoms with E-state index in [-0.39, 0.29) is 24.4 Å². The van der Waals surface area contributed by atoms with Crippen molar-refractivity contribution in [3.63, 3.8) is 0 Å². The van der Waals surface area contributed by atoms with Crippen molar-refractivity contribution in [2.24, 2.45) is 5.92 Å². The van der Waals surface area contributed by atoms with Gasteiger partial charge in [0, 0.05) is 12.6 Å². The fourth-order valence-corrected chi connectivity index (χ4v) is 5.50. The van der Waals surface area contributed by atoms with Gasteiger partial charge in [-0.05, 0) is 73.4 Å². The van der Waals surface area contributed by atoms with E-state index in [4.69, 9.17) is 18.9 Å². The second kappa shape index (κ2) is 11.8. The van der Waals surface area contributed by atoms with Crippen LogP contribution in [0.1, 0.15) is 49.8 Å². The Hall–Kier alpha value is -3.42. The average Bonchev–Trinajstić information content (AvgIpc) is 2.93. The molecule has 0 bridgehead atoms. The minimum Gasteiger partial charge on any atom is -0.493 e. The maximum absolute atomic E-state index is 14.0. The first-order valence-corrected chi connectivity index (χ1v) is 12.9. The number of ether oxygens (including phenoxy) is 4. The maximum Gasteiger partial charge on any atom is 0.250 e. The molecule has 0 N–H and O–H groups in total. The van der Waals surface area contributed by atoms with Gasteiger partial charge in [0.2, 0.25) is 5.91 Å². The van der Waals surface area contributed by atoms with Crippen molar-refractivity contribution in [3.05, 3.63) is 47.5 Å². The summed E-state index contributed by atoms with van der Waals surface area (Å²) < 4.78 is 21.7. The van der Waals surface area contributed by atoms with Crippen molar-refractivity contribution in [2.75, 3.05) is 41.5 Å². The predicted molar refractivity (Wildman–Crippen MR) is 140 cm³/mol. The molecule has 1 saturated heterocycles. The smallest absolute Gasteiger partial charge is 0.250 e. The normalized spacial score (nSPS) is 22.1. The number of carbonyl (C=O) groups excluding carboxylic acids is 2. The van der Waals surface area contributed by atoms with E-state index in [1.54, 1.807) is 39.4 Å². The van der Waals surface area contributed by atoms with E-state index in [9.17, 15) is 9.59 Å². The highest BCUT2D eigenvalue weighted by Crippen LogP contribution is 2.37. The number of rotatable bonds is 9. The molecule has 2 aromatic rings. The number of amides is 2. The van der Waals surface area contributed by atoms with Crippen LogP contribution < -0.4 is 18.9 Å². The molecule has 1 unspecified atom stereocenters. The lowest BCUT2D eigenvalue weighted by atomic mass is 9.85. The van der Waals surface area contributed by atoms with Gasteiger partial charge < -0.3 is 28.7 Å². The Balaban J connectivity index is 1.64. The second-order valence-electron chi connectivity index (χ2n) is 9.92. The lowest BCUT2D eigenvalue weighted by molar-refractivity contribution is -0.159. The van der Waals surface area contributed by atoms with Crippen molar-refractivity contribution < 1.29 is 28.5 Å². The first-order valence-electron chi connectivity index (χ1n) is 12.9. The second-order valence-corrected chi connectivity index (χ2v) is 9.92. The predicted octanol–water partition coefficient (Wildman–Crippen LogP) is 4.25. The van der Waals surface area contributed by atoms with Crippen molar-refractivity contribution in [3.8, 4) is 23.0 Å². The van der Waals surface area contributed by atoms with Crippen LogP contribution in [0, 0.1) is 5.92 Å². The Labute approximate surface area is 219 Å². The number of methoxy groups -OCH3 is 4. The van der Waals surface area contributed by atoms with Gasteiger partial charge in [0.05, 0.1) is 28.4 Å². The van der Waals surface area contributed by atoms with Crippen LogP contribution in [0.15, 0.2) is 36.4 Å². The summed E-state index contributed by atoms with van der Waals surface area (Å²) in [5.41, 5.74) is 1.71. The Morgan fingerprint density at radius 2 is 1.38 bits per heavy atom. The highest BCUT2D eigenvalue weighted by Gasteiger charge is 2.43. The zero-order valence-corrected chi connectivity index (χ0v) is 22.5. The van der Waals surface area contributed by atoms with Crippen molar-refractivity contribution in [1.29, 1.82) is 0 Å². The van der Waals surface area contributed by atoms with Gasteiger partial charge in [-0.2, -0.15) is 0 Å². The lowest BCUT2D eigenvalue weighted by Gasteiger charge is -2.45. The third-order valence-corrected chi connectivity index (χ3v) is 7.69. The van der Waals surface area contributed by atoms with Crippen molar-refractivity contribution >= 4 is 11.8 Å². The number of piperazine rings is 1. The summed E-state index contributed by atoms with van der Waals surface area (Å²) in [5.74, 6) is 2.98. The summed E-state index contributed by atoms with van der Waals surface area (Å²) in [5, 5.41) is 0. The van der Waals surface area contributed by atoms with Crippen LogP contribution in [0.3, 0.4) is 0 Å². The van der Waals surface area contributed by atoms with E-state index >= 15 is 0 Å². The molecule has 37 heavy (non-hydrogen) atoms. The molecule has 2 fully saturated rings. The minimum atomic E-state index is -0.722. The van der Waals surface area contributed by atoms with E-state index in [1.807, 2.05) is 35.2 Å². The van der Waals surface area contributed by atoms with E-state index in [2.05, 4.69) is 6.92 Å². The topological polar surface area (TPSA) is 77.5 Å². The third kappa shape index (κ3) is 5.63. The molecule has 200 valence electrons. The minimum absolute atomic E-state index is 0.0290. The number of hydrogen-bond acceptors (Lipinski definition) is 6. The van der Waals surface area contributed by atoms with E-state index in [0.29, 0.717) is 41.9 Å². The van der Waals surface area contributed by atoms with Gasteiger partial charge in [-0.1, -0.05) is 19.1 Å². The third-order valence-electron chi connectivity index (χ3n) is 7.69. The first-order chi connectivity index (χ1) is 17.9. The van der Waals surface area contributed by atoms with Gasteiger partial charge in [0.25, 0.3) is 5.91 Å². The number of carbonyl (C=O) groups is 2. The summed E-state index contributed by atoms with van der Waals surface area (Å²) >= 11 is 0. The SMILES string of the molecule is COc1ccc(CCN2C(=O)CN(C3CCC(C)CC3)C(=O)C2c2ccc(OC)c(OC)c2)cc1OC. The number of benzene rings is 2. The van der Waals surface area contributed by atoms with Gasteiger partial charge in [-0.3, -0.25) is 9.59 Å². The van der Waals surface area contributed by atoms with Crippen LogP contribution in [0.25, 0.3) is 0 Å². The summed E-state index contributed by atoms with van der Waals surface area (Å²) in [4.78, 5) is 31.2. The van der Waals surface area contributed by atoms with Gasteiger partial charge >= 0.3 is 0 Å². The van der Waals surface area contributed by atoms with Gasteiger partial charge in [-0.25, -0.2) is 0 Å². The molecule has 4 rings (SSSR count). The van der Waals surface area contributed by atoms with E-state index in [0.717, 1.165) is 36.8 Å². The molecular weight excluding hydrogens is 472 g/mol. The van der Waals surface area contributed by atoms with Crippen molar-refractivity contribution in [2.45, 2.75) is 51.1 Å². The fourth-order valence-electron chi connectivity index (χ4n) is 5.50. The summed E-state index contributed by atoms with van der Waals surface area (Å²) in [6.07, 6.45) is 4.60. The molecule has 1 aliphatic heterocycles. The summed E-state index contributed by atoms with van der Waals surface area (Å²) in [6, 6.07) is 10.6. The van der Waals surface area contributed by atoms with Gasteiger partial charge in [-0.15, -0.1) is 0 Å². The Kier molecular flexibility index (Phi) is 8.46. The largest absolute Gasteiger partial charge is 0.493 e. The number of hydrogen-bond donors (Lipinski definition) is 0. The Morgan fingerprint density at radius 3 is 2.00 bits per heavy atom. The molecule has 8 heteroatoms. The molecule has 2 amide bonds. The first kappa shape index (κ1) is 26.6. The van der Waals surface area contributed by atoms with E-state index in [1.165, 1.54) is 0 Å². The zero-order chi connectivity index (χ0) is 26.5. The average molecular weight is 511 g/mol. The van der Waals surface area contributed by atoms with Crippen molar-refractivity contribution in [1.82, 2.24) is 9.80 Å². The zero-order valence-electron chi connectivity index (χ0n) is 22.5. The van der Waals surface area contributed by atoms with Crippen LogP contribution in [-0.2, 0) is 16.0 Å². The molecule has 2 aromatic carbocycles. The molecule has 0 radical (unpaired) electrons. The quantitative estimate of drug-likeness (QED) is 0.502. The molecule has 1 aliphatic carbocycles. The molecular formula is C29H38N2O6. The molecule has 1 atom stereocenters. The molecule has 1 saturated carbocycles. The monoisotopic (exact) mass is 510 g/mol. The van der Waals surface area contributed by atoms with Gasteiger partial charge in [0.1, 0.15) is 12.6 Å². The van der Waals surface area contributed by atoms with E-state index < -0.39 is 6.04 Å². The molecule has 0 aromatic heterocycles. The lowest BCUT2D eigenvalue weighted by Crippen LogP contribution is -2.59. The van der Waals surface area contributed by atoms with Crippen LogP contribution in [-0.4, -0.2) is 69.2 Å². The molecule has 8 nitrogen and oxygen atoms in total. The Morgan fingerprint density at radius 1 is 0.784 bits per heavy atom. The van der Waals surface area contributed by atoms with Crippen LogP contribution >= 0.6 is 0 Å². The van der Waals surface area contributed by atoms with Gasteiger partial charge in [0.15, 0.2) is 23.0 Å². The highest BCUT2D eigenvalue weighted by atomic mass is 16.5. The maximum atomic E-state index is 14.0. The Bertz CT molecular complexity index is 1110. The molecule has 1 heterocycles. The molecule has 2 aliphatic rings. The van der Waals surface area contributed by atoms with Crippen LogP contribution in [0.5, 0.6) is 23.0 Å².